The minimum Gasteiger partial charge on any atom is -0.462 e. The van der Waals surface area contributed by atoms with Crippen LogP contribution in [0, 0.1) is 20.8 Å². The number of hydrogen-bond donors (Lipinski definition) is 2. The van der Waals surface area contributed by atoms with Crippen molar-refractivity contribution in [2.45, 2.75) is 32.9 Å². The maximum Gasteiger partial charge on any atom is 0.340 e. The number of carbonyl (C=O) groups is 2. The Bertz CT molecular complexity index is 1070. The minimum absolute atomic E-state index is 0.0631. The van der Waals surface area contributed by atoms with Crippen molar-refractivity contribution >= 4 is 23.5 Å². The highest BCUT2D eigenvalue weighted by molar-refractivity contribution is 7.99. The highest BCUT2D eigenvalue weighted by Gasteiger charge is 2.26. The number of rotatable bonds is 7. The van der Waals surface area contributed by atoms with Crippen molar-refractivity contribution in [1.29, 1.82) is 0 Å². The van der Waals surface area contributed by atoms with Gasteiger partial charge in [0.05, 0.1) is 23.5 Å². The van der Waals surface area contributed by atoms with Crippen LogP contribution in [0.2, 0.25) is 0 Å². The maximum atomic E-state index is 12.9. The molecule has 3 N–H and O–H groups in total. The lowest BCUT2D eigenvalue weighted by molar-refractivity contribution is 0.0522. The van der Waals surface area contributed by atoms with Crippen LogP contribution < -0.4 is 5.84 Å². The first-order valence-corrected chi connectivity index (χ1v) is 10.1. The number of nitrogens with one attached hydrogen (secondary N) is 1. The zero-order valence-corrected chi connectivity index (χ0v) is 17.6. The van der Waals surface area contributed by atoms with E-state index < -0.39 is 5.97 Å². The third-order valence-corrected chi connectivity index (χ3v) is 5.46. The highest BCUT2D eigenvalue weighted by atomic mass is 32.2. The molecule has 0 bridgehead atoms. The molecule has 0 fully saturated rings. The molecule has 9 heteroatoms. The lowest BCUT2D eigenvalue weighted by Crippen LogP contribution is -2.15. The number of aromatic nitrogens is 4. The standard InChI is InChI=1S/C20H23N5O3S/c1-5-28-19(27)17-13(4)22-12(3)16(17)15(26)10-29-20-24-23-18(25(20)21)14-9-7-6-8-11(14)2/h6-9,22H,5,10,21H2,1-4H3. The maximum absolute atomic E-state index is 12.9. The van der Waals surface area contributed by atoms with Gasteiger partial charge in [0.1, 0.15) is 0 Å². The van der Waals surface area contributed by atoms with Crippen LogP contribution in [-0.2, 0) is 4.74 Å². The van der Waals surface area contributed by atoms with Gasteiger partial charge in [-0.15, -0.1) is 10.2 Å². The molecule has 0 amide bonds. The highest BCUT2D eigenvalue weighted by Crippen LogP contribution is 2.26. The number of H-pyrrole nitrogens is 1. The Kier molecular flexibility index (Phi) is 6.07. The van der Waals surface area contributed by atoms with Crippen molar-refractivity contribution in [2.75, 3.05) is 18.2 Å². The van der Waals surface area contributed by atoms with E-state index in [4.69, 9.17) is 10.6 Å². The van der Waals surface area contributed by atoms with Gasteiger partial charge in [0, 0.05) is 17.0 Å². The second-order valence-corrected chi connectivity index (χ2v) is 7.49. The molecule has 3 aromatic rings. The summed E-state index contributed by atoms with van der Waals surface area (Å²) < 4.78 is 6.47. The van der Waals surface area contributed by atoms with Crippen LogP contribution in [0.15, 0.2) is 29.4 Å². The summed E-state index contributed by atoms with van der Waals surface area (Å²) in [5.74, 6) is 6.03. The smallest absolute Gasteiger partial charge is 0.340 e. The zero-order chi connectivity index (χ0) is 21.1. The third-order valence-electron chi connectivity index (χ3n) is 4.52. The summed E-state index contributed by atoms with van der Waals surface area (Å²) in [6.45, 7) is 7.44. The fourth-order valence-electron chi connectivity index (χ4n) is 3.17. The van der Waals surface area contributed by atoms with E-state index in [-0.39, 0.29) is 23.7 Å². The van der Waals surface area contributed by atoms with Crippen LogP contribution in [0.4, 0.5) is 0 Å². The van der Waals surface area contributed by atoms with Crippen molar-refractivity contribution in [2.24, 2.45) is 0 Å². The Hall–Kier alpha value is -3.07. The number of aromatic amines is 1. The van der Waals surface area contributed by atoms with Crippen LogP contribution in [0.3, 0.4) is 0 Å². The number of nitrogens with zero attached hydrogens (tertiary/aromatic N) is 3. The average Bonchev–Trinajstić information content (AvgIpc) is 3.19. The van der Waals surface area contributed by atoms with Gasteiger partial charge in [0.25, 0.3) is 0 Å². The summed E-state index contributed by atoms with van der Waals surface area (Å²) in [5, 5.41) is 8.69. The average molecular weight is 414 g/mol. The van der Waals surface area contributed by atoms with Gasteiger partial charge in [0.2, 0.25) is 5.16 Å². The van der Waals surface area contributed by atoms with Gasteiger partial charge in [-0.05, 0) is 33.3 Å². The molecule has 0 saturated carbocycles. The lowest BCUT2D eigenvalue weighted by Gasteiger charge is -2.07. The molecule has 152 valence electrons. The van der Waals surface area contributed by atoms with Gasteiger partial charge in [-0.25, -0.2) is 9.47 Å². The number of hydrogen-bond acceptors (Lipinski definition) is 7. The van der Waals surface area contributed by atoms with Gasteiger partial charge in [0.15, 0.2) is 11.6 Å². The number of Topliss-reactive ketones (excluding diaryl/α,β-unsaturated/α-hetero) is 1. The fourth-order valence-corrected chi connectivity index (χ4v) is 3.90. The molecule has 0 atom stereocenters. The molecule has 0 aliphatic rings. The number of carbonyl (C=O) groups excluding carboxylic acids is 2. The van der Waals surface area contributed by atoms with E-state index in [2.05, 4.69) is 15.2 Å². The number of nitrogens with two attached hydrogens (primary N) is 1. The predicted octanol–water partition coefficient (Wildman–Crippen LogP) is 3.06. The van der Waals surface area contributed by atoms with E-state index in [1.54, 1.807) is 20.8 Å². The van der Waals surface area contributed by atoms with Crippen LogP contribution in [0.1, 0.15) is 44.6 Å². The molecule has 2 aromatic heterocycles. The second kappa shape index (κ2) is 8.52. The summed E-state index contributed by atoms with van der Waals surface area (Å²) >= 11 is 1.17. The quantitative estimate of drug-likeness (QED) is 0.265. The summed E-state index contributed by atoms with van der Waals surface area (Å²) in [5.41, 5.74) is 3.77. The molecule has 0 radical (unpaired) electrons. The molecule has 8 nitrogen and oxygen atoms in total. The van der Waals surface area contributed by atoms with Crippen LogP contribution in [-0.4, -0.2) is 44.0 Å². The number of aryl methyl sites for hydroxylation is 3. The van der Waals surface area contributed by atoms with E-state index in [0.29, 0.717) is 27.9 Å². The first kappa shape index (κ1) is 20.7. The van der Waals surface area contributed by atoms with Crippen molar-refractivity contribution in [3.8, 4) is 11.4 Å². The lowest BCUT2D eigenvalue weighted by atomic mass is 10.1. The molecule has 3 rings (SSSR count). The normalized spacial score (nSPS) is 10.9. The van der Waals surface area contributed by atoms with E-state index in [1.807, 2.05) is 31.2 Å². The van der Waals surface area contributed by atoms with Gasteiger partial charge < -0.3 is 15.6 Å². The first-order valence-electron chi connectivity index (χ1n) is 9.13. The number of ether oxygens (including phenoxy) is 1. The van der Waals surface area contributed by atoms with Crippen molar-refractivity contribution in [3.05, 3.63) is 52.3 Å². The van der Waals surface area contributed by atoms with Crippen molar-refractivity contribution in [1.82, 2.24) is 19.9 Å². The number of esters is 1. The topological polar surface area (TPSA) is 116 Å². The van der Waals surface area contributed by atoms with Gasteiger partial charge in [-0.3, -0.25) is 4.79 Å². The number of ketones is 1. The Labute approximate surface area is 172 Å². The van der Waals surface area contributed by atoms with Gasteiger partial charge >= 0.3 is 5.97 Å². The van der Waals surface area contributed by atoms with E-state index in [1.165, 1.54) is 16.4 Å². The van der Waals surface area contributed by atoms with E-state index in [9.17, 15) is 9.59 Å². The molecule has 0 aliphatic carbocycles. The molecule has 0 aliphatic heterocycles. The molecular formula is C20H23N5O3S. The number of nitrogen functional groups attached to an aromatic ring is 1. The van der Waals surface area contributed by atoms with E-state index in [0.717, 1.165) is 11.1 Å². The molecular weight excluding hydrogens is 390 g/mol. The Morgan fingerprint density at radius 3 is 2.52 bits per heavy atom. The first-order chi connectivity index (χ1) is 13.8. The van der Waals surface area contributed by atoms with Crippen LogP contribution >= 0.6 is 11.8 Å². The summed E-state index contributed by atoms with van der Waals surface area (Å²) in [7, 11) is 0. The SMILES string of the molecule is CCOC(=O)c1c(C)[nH]c(C)c1C(=O)CSc1nnc(-c2ccccc2C)n1N. The molecule has 0 saturated heterocycles. The molecule has 2 heterocycles. The molecule has 0 spiro atoms. The van der Waals surface area contributed by atoms with Gasteiger partial charge in [-0.2, -0.15) is 0 Å². The Morgan fingerprint density at radius 1 is 1.14 bits per heavy atom. The Morgan fingerprint density at radius 2 is 1.83 bits per heavy atom. The van der Waals surface area contributed by atoms with Crippen molar-refractivity contribution < 1.29 is 14.3 Å². The molecule has 0 unspecified atom stereocenters. The summed E-state index contributed by atoms with van der Waals surface area (Å²) in [6, 6.07) is 7.72. The fraction of sp³-hybridized carbons (Fsp3) is 0.300. The predicted molar refractivity (Wildman–Crippen MR) is 112 cm³/mol. The Balaban J connectivity index is 1.81. The van der Waals surface area contributed by atoms with Crippen LogP contribution in [0.25, 0.3) is 11.4 Å². The summed E-state index contributed by atoms with van der Waals surface area (Å²) in [4.78, 5) is 28.2. The third kappa shape index (κ3) is 4.04. The largest absolute Gasteiger partial charge is 0.462 e. The summed E-state index contributed by atoms with van der Waals surface area (Å²) in [6.07, 6.45) is 0. The molecule has 1 aromatic carbocycles. The van der Waals surface area contributed by atoms with E-state index >= 15 is 0 Å². The van der Waals surface area contributed by atoms with Crippen LogP contribution in [0.5, 0.6) is 0 Å². The van der Waals surface area contributed by atoms with Crippen molar-refractivity contribution in [3.63, 3.8) is 0 Å². The monoisotopic (exact) mass is 413 g/mol. The second-order valence-electron chi connectivity index (χ2n) is 6.55. The minimum atomic E-state index is -0.508. The zero-order valence-electron chi connectivity index (χ0n) is 16.8. The molecule has 29 heavy (non-hydrogen) atoms. The number of thioether (sulfide) groups is 1. The van der Waals surface area contributed by atoms with Gasteiger partial charge in [-0.1, -0.05) is 36.0 Å². The number of benzene rings is 1.